The minimum atomic E-state index is -1.81. The van der Waals surface area contributed by atoms with Crippen LogP contribution in [0.1, 0.15) is 5.56 Å². The van der Waals surface area contributed by atoms with Gasteiger partial charge in [0.25, 0.3) is 11.8 Å². The molecular weight excluding hydrogens is 289 g/mol. The van der Waals surface area contributed by atoms with Gasteiger partial charge >= 0.3 is 7.12 Å². The van der Waals surface area contributed by atoms with Gasteiger partial charge < -0.3 is 20.5 Å². The van der Waals surface area contributed by atoms with Crippen molar-refractivity contribution in [1.82, 2.24) is 4.90 Å². The van der Waals surface area contributed by atoms with Gasteiger partial charge in [0.2, 0.25) is 0 Å². The van der Waals surface area contributed by atoms with Crippen molar-refractivity contribution in [2.24, 2.45) is 0 Å². The lowest BCUT2D eigenvalue weighted by molar-refractivity contribution is -0.137. The summed E-state index contributed by atoms with van der Waals surface area (Å²) >= 11 is 0. The number of aliphatic hydroxyl groups is 1. The molecule has 8 nitrogen and oxygen atoms in total. The second-order valence-electron chi connectivity index (χ2n) is 4.49. The van der Waals surface area contributed by atoms with E-state index in [0.29, 0.717) is 0 Å². The molecule has 2 rings (SSSR count). The van der Waals surface area contributed by atoms with E-state index in [1.165, 1.54) is 18.2 Å². The van der Waals surface area contributed by atoms with Gasteiger partial charge in [-0.3, -0.25) is 14.5 Å². The highest BCUT2D eigenvalue weighted by atomic mass is 16.4. The van der Waals surface area contributed by atoms with Crippen LogP contribution < -0.4 is 10.8 Å². The van der Waals surface area contributed by atoms with E-state index < -0.39 is 18.9 Å². The summed E-state index contributed by atoms with van der Waals surface area (Å²) in [6.45, 7) is -0.490. The highest BCUT2D eigenvalue weighted by molar-refractivity contribution is 6.60. The number of nitriles is 1. The minimum Gasteiger partial charge on any atom is -0.423 e. The lowest BCUT2D eigenvalue weighted by atomic mass is 9.78. The number of hydrogen-bond donors (Lipinski definition) is 4. The maximum Gasteiger partial charge on any atom is 0.490 e. The Bertz CT molecular complexity index is 695. The van der Waals surface area contributed by atoms with Crippen molar-refractivity contribution in [1.29, 1.82) is 5.26 Å². The predicted molar refractivity (Wildman–Crippen MR) is 76.5 cm³/mol. The summed E-state index contributed by atoms with van der Waals surface area (Å²) in [4.78, 5) is 24.5. The summed E-state index contributed by atoms with van der Waals surface area (Å²) in [6, 6.07) is 5.95. The number of aliphatic hydroxyl groups excluding tert-OH is 1. The number of carbonyl (C=O) groups is 2. The summed E-state index contributed by atoms with van der Waals surface area (Å²) in [5.41, 5.74) is 0.361. The summed E-state index contributed by atoms with van der Waals surface area (Å²) in [6.07, 6.45) is 1.05. The fourth-order valence-electron chi connectivity index (χ4n) is 2.01. The zero-order valence-electron chi connectivity index (χ0n) is 11.4. The van der Waals surface area contributed by atoms with Crippen molar-refractivity contribution >= 4 is 30.1 Å². The van der Waals surface area contributed by atoms with Crippen molar-refractivity contribution in [3.8, 4) is 6.07 Å². The van der Waals surface area contributed by atoms with E-state index in [4.69, 9.17) is 10.4 Å². The summed E-state index contributed by atoms with van der Waals surface area (Å²) in [5, 5.41) is 39.0. The molecule has 0 saturated heterocycles. The van der Waals surface area contributed by atoms with E-state index in [9.17, 15) is 19.6 Å². The van der Waals surface area contributed by atoms with Gasteiger partial charge in [-0.15, -0.1) is 0 Å². The molecule has 1 aromatic rings. The topological polar surface area (TPSA) is 134 Å². The van der Waals surface area contributed by atoms with Crippen LogP contribution in [0.2, 0.25) is 0 Å². The fraction of sp³-hybridized carbons (Fsp3) is 0.154. The SMILES string of the molecule is N#Cc1ccc(B(O)O)c(NC2=CC(=O)N(CCO)C2=O)c1. The van der Waals surface area contributed by atoms with Gasteiger partial charge in [0, 0.05) is 17.2 Å². The van der Waals surface area contributed by atoms with Crippen LogP contribution in [0.3, 0.4) is 0 Å². The van der Waals surface area contributed by atoms with Crippen LogP contribution in [-0.2, 0) is 9.59 Å². The molecular formula is C13H12BN3O5. The molecule has 0 unspecified atom stereocenters. The summed E-state index contributed by atoms with van der Waals surface area (Å²) in [5.74, 6) is -1.22. The van der Waals surface area contributed by atoms with Gasteiger partial charge in [-0.2, -0.15) is 5.26 Å². The number of hydrogen-bond acceptors (Lipinski definition) is 7. The third kappa shape index (κ3) is 2.99. The highest BCUT2D eigenvalue weighted by Crippen LogP contribution is 2.17. The molecule has 0 aliphatic carbocycles. The molecule has 112 valence electrons. The Kier molecular flexibility index (Phi) is 4.57. The lowest BCUT2D eigenvalue weighted by Gasteiger charge is -2.15. The Morgan fingerprint density at radius 2 is 2.05 bits per heavy atom. The largest absolute Gasteiger partial charge is 0.490 e. The third-order valence-electron chi connectivity index (χ3n) is 3.06. The van der Waals surface area contributed by atoms with Crippen LogP contribution in [0, 0.1) is 11.3 Å². The quantitative estimate of drug-likeness (QED) is 0.361. The molecule has 0 bridgehead atoms. The molecule has 0 fully saturated rings. The average Bonchev–Trinajstić information content (AvgIpc) is 2.75. The summed E-state index contributed by atoms with van der Waals surface area (Å²) < 4.78 is 0. The molecule has 0 saturated carbocycles. The Morgan fingerprint density at radius 3 is 2.64 bits per heavy atom. The van der Waals surface area contributed by atoms with E-state index in [2.05, 4.69) is 5.32 Å². The molecule has 0 radical (unpaired) electrons. The Labute approximate surface area is 126 Å². The molecule has 1 aliphatic heterocycles. The van der Waals surface area contributed by atoms with Gasteiger partial charge in [-0.1, -0.05) is 6.07 Å². The lowest BCUT2D eigenvalue weighted by Crippen LogP contribution is -2.36. The second kappa shape index (κ2) is 6.40. The van der Waals surface area contributed by atoms with E-state index in [1.54, 1.807) is 0 Å². The van der Waals surface area contributed by atoms with Crippen LogP contribution in [0.25, 0.3) is 0 Å². The fourth-order valence-corrected chi connectivity index (χ4v) is 2.01. The van der Waals surface area contributed by atoms with Crippen LogP contribution in [-0.4, -0.2) is 52.1 Å². The Balaban J connectivity index is 2.31. The van der Waals surface area contributed by atoms with Gasteiger partial charge in [-0.05, 0) is 12.1 Å². The molecule has 0 aromatic heterocycles. The Hall–Kier alpha value is -2.67. The molecule has 0 spiro atoms. The first-order valence-corrected chi connectivity index (χ1v) is 6.33. The van der Waals surface area contributed by atoms with Crippen molar-refractivity contribution in [2.45, 2.75) is 0 Å². The molecule has 1 aromatic carbocycles. The maximum absolute atomic E-state index is 12.0. The second-order valence-corrected chi connectivity index (χ2v) is 4.49. The molecule has 9 heteroatoms. The number of carbonyl (C=O) groups excluding carboxylic acids is 2. The standard InChI is InChI=1S/C13H12BN3O5/c15-7-8-1-2-9(14(21)22)10(5-8)16-11-6-12(19)17(3-4-18)13(11)20/h1-2,5-6,16,18,21-22H,3-4H2. The molecule has 1 heterocycles. The number of amides is 2. The van der Waals surface area contributed by atoms with Crippen LogP contribution >= 0.6 is 0 Å². The van der Waals surface area contributed by atoms with Crippen LogP contribution in [0.5, 0.6) is 0 Å². The number of nitrogens with zero attached hydrogens (tertiary/aromatic N) is 2. The zero-order chi connectivity index (χ0) is 16.3. The van der Waals surface area contributed by atoms with Crippen LogP contribution in [0.4, 0.5) is 5.69 Å². The number of nitrogens with one attached hydrogen (secondary N) is 1. The summed E-state index contributed by atoms with van der Waals surface area (Å²) in [7, 11) is -1.81. The predicted octanol–water partition coefficient (Wildman–Crippen LogP) is -2.11. The van der Waals surface area contributed by atoms with Gasteiger partial charge in [0.05, 0.1) is 24.8 Å². The number of benzene rings is 1. The molecule has 1 aliphatic rings. The molecule has 22 heavy (non-hydrogen) atoms. The van der Waals surface area contributed by atoms with Crippen molar-refractivity contribution < 1.29 is 24.7 Å². The third-order valence-corrected chi connectivity index (χ3v) is 3.06. The normalized spacial score (nSPS) is 13.9. The first-order chi connectivity index (χ1) is 10.5. The van der Waals surface area contributed by atoms with Crippen molar-refractivity contribution in [2.75, 3.05) is 18.5 Å². The van der Waals surface area contributed by atoms with Gasteiger partial charge in [-0.25, -0.2) is 0 Å². The number of imide groups is 1. The average molecular weight is 301 g/mol. The van der Waals surface area contributed by atoms with E-state index in [0.717, 1.165) is 11.0 Å². The number of anilines is 1. The van der Waals surface area contributed by atoms with E-state index >= 15 is 0 Å². The molecule has 4 N–H and O–H groups in total. The zero-order valence-corrected chi connectivity index (χ0v) is 11.4. The van der Waals surface area contributed by atoms with Crippen LogP contribution in [0.15, 0.2) is 30.0 Å². The smallest absolute Gasteiger partial charge is 0.423 e. The van der Waals surface area contributed by atoms with Gasteiger partial charge in [0.15, 0.2) is 0 Å². The van der Waals surface area contributed by atoms with E-state index in [-0.39, 0.29) is 35.6 Å². The Morgan fingerprint density at radius 1 is 1.32 bits per heavy atom. The van der Waals surface area contributed by atoms with E-state index in [1.807, 2.05) is 6.07 Å². The van der Waals surface area contributed by atoms with Crippen molar-refractivity contribution in [3.05, 3.63) is 35.5 Å². The minimum absolute atomic E-state index is 0.0563. The maximum atomic E-state index is 12.0. The first kappa shape index (κ1) is 15.7. The first-order valence-electron chi connectivity index (χ1n) is 6.33. The number of β-amino-alcohol motifs (C(OH)–C–C–N with tert-alkyl or cyclic N) is 1. The molecule has 0 atom stereocenters. The highest BCUT2D eigenvalue weighted by Gasteiger charge is 2.31. The monoisotopic (exact) mass is 301 g/mol. The number of rotatable bonds is 5. The van der Waals surface area contributed by atoms with Crippen molar-refractivity contribution in [3.63, 3.8) is 0 Å². The molecule has 2 amide bonds. The van der Waals surface area contributed by atoms with Gasteiger partial charge in [0.1, 0.15) is 5.70 Å².